The van der Waals surface area contributed by atoms with Crippen LogP contribution in [0.2, 0.25) is 0 Å². The van der Waals surface area contributed by atoms with Gasteiger partial charge in [0.2, 0.25) is 0 Å². The lowest BCUT2D eigenvalue weighted by Gasteiger charge is -2.08. The Balaban J connectivity index is 2.74. The third-order valence-electron chi connectivity index (χ3n) is 2.39. The molecule has 0 amide bonds. The van der Waals surface area contributed by atoms with E-state index in [9.17, 15) is 14.7 Å². The Morgan fingerprint density at radius 3 is 2.65 bits per heavy atom. The number of ketones is 1. The number of benzene rings is 1. The Morgan fingerprint density at radius 2 is 2.06 bits per heavy atom. The van der Waals surface area contributed by atoms with E-state index in [4.69, 9.17) is 4.74 Å². The number of fused-ring (bicyclic) bond motifs is 1. The van der Waals surface area contributed by atoms with Gasteiger partial charge in [-0.05, 0) is 19.1 Å². The molecule has 0 spiro atoms. The summed E-state index contributed by atoms with van der Waals surface area (Å²) in [4.78, 5) is 25.3. The molecule has 0 radical (unpaired) electrons. The lowest BCUT2D eigenvalue weighted by molar-refractivity contribution is -0.132. The normalized spacial score (nSPS) is 10.5. The van der Waals surface area contributed by atoms with Gasteiger partial charge in [0.25, 0.3) is 0 Å². The van der Waals surface area contributed by atoms with Crippen LogP contribution in [-0.4, -0.2) is 21.8 Å². The van der Waals surface area contributed by atoms with Crippen molar-refractivity contribution in [2.45, 2.75) is 13.8 Å². The molecule has 0 saturated carbocycles. The zero-order valence-electron chi connectivity index (χ0n) is 9.40. The maximum absolute atomic E-state index is 11.5. The molecular weight excluding hydrogens is 222 g/mol. The largest absolute Gasteiger partial charge is 0.504 e. The van der Waals surface area contributed by atoms with Crippen molar-refractivity contribution in [1.29, 1.82) is 0 Å². The summed E-state index contributed by atoms with van der Waals surface area (Å²) in [5.41, 5.74) is 0.662. The first-order chi connectivity index (χ1) is 8.00. The van der Waals surface area contributed by atoms with Crippen LogP contribution < -0.4 is 4.74 Å². The average Bonchev–Trinajstić information content (AvgIpc) is 2.64. The Bertz CT molecular complexity index is 612. The van der Waals surface area contributed by atoms with Gasteiger partial charge in [0, 0.05) is 18.5 Å². The minimum atomic E-state index is -0.551. The van der Waals surface area contributed by atoms with E-state index in [1.807, 2.05) is 0 Å². The number of nitrogens with one attached hydrogen (secondary N) is 1. The highest BCUT2D eigenvalue weighted by atomic mass is 16.5. The molecule has 2 aromatic rings. The van der Waals surface area contributed by atoms with Gasteiger partial charge in [-0.25, -0.2) is 0 Å². The second-order valence-electron chi connectivity index (χ2n) is 3.69. The van der Waals surface area contributed by atoms with Crippen LogP contribution in [0.5, 0.6) is 11.5 Å². The number of aromatic hydroxyl groups is 1. The number of hydrogen-bond acceptors (Lipinski definition) is 4. The summed E-state index contributed by atoms with van der Waals surface area (Å²) in [7, 11) is 0. The second-order valence-corrected chi connectivity index (χ2v) is 3.69. The zero-order chi connectivity index (χ0) is 12.6. The van der Waals surface area contributed by atoms with Gasteiger partial charge in [0.05, 0.1) is 11.1 Å². The van der Waals surface area contributed by atoms with Crippen LogP contribution in [0.25, 0.3) is 10.9 Å². The smallest absolute Gasteiger partial charge is 0.308 e. The van der Waals surface area contributed by atoms with Gasteiger partial charge in [-0.15, -0.1) is 0 Å². The number of aromatic amines is 1. The van der Waals surface area contributed by atoms with Crippen LogP contribution in [0.4, 0.5) is 0 Å². The molecular formula is C12H11NO4. The van der Waals surface area contributed by atoms with E-state index in [-0.39, 0.29) is 22.8 Å². The molecule has 0 fully saturated rings. The highest BCUT2D eigenvalue weighted by Gasteiger charge is 2.18. The monoisotopic (exact) mass is 233 g/mol. The molecule has 0 aliphatic heterocycles. The Labute approximate surface area is 97.0 Å². The molecule has 88 valence electrons. The average molecular weight is 233 g/mol. The van der Waals surface area contributed by atoms with Crippen LogP contribution in [0.1, 0.15) is 24.2 Å². The van der Waals surface area contributed by atoms with Crippen LogP contribution in [-0.2, 0) is 4.79 Å². The molecule has 0 atom stereocenters. The highest BCUT2D eigenvalue weighted by molar-refractivity contribution is 6.09. The van der Waals surface area contributed by atoms with Crippen molar-refractivity contribution < 1.29 is 19.4 Å². The van der Waals surface area contributed by atoms with Crippen molar-refractivity contribution in [3.63, 3.8) is 0 Å². The molecule has 1 aromatic heterocycles. The number of phenols is 1. The zero-order valence-corrected chi connectivity index (χ0v) is 9.40. The van der Waals surface area contributed by atoms with E-state index in [1.165, 1.54) is 19.9 Å². The van der Waals surface area contributed by atoms with E-state index in [2.05, 4.69) is 4.98 Å². The van der Waals surface area contributed by atoms with Crippen molar-refractivity contribution in [3.8, 4) is 11.5 Å². The van der Waals surface area contributed by atoms with Crippen LogP contribution in [0.3, 0.4) is 0 Å². The number of carbonyl (C=O) groups is 2. The van der Waals surface area contributed by atoms with Gasteiger partial charge in [-0.3, -0.25) is 9.59 Å². The standard InChI is InChI=1S/C12H11NO4/c1-6(14)10-11-8(3-4-13-11)5-9(12(10)16)17-7(2)15/h3-5,13,16H,1-2H3. The summed E-state index contributed by atoms with van der Waals surface area (Å²) in [5.74, 6) is -1.17. The molecule has 5 nitrogen and oxygen atoms in total. The maximum atomic E-state index is 11.5. The van der Waals surface area contributed by atoms with Gasteiger partial charge in [-0.1, -0.05) is 0 Å². The van der Waals surface area contributed by atoms with E-state index >= 15 is 0 Å². The van der Waals surface area contributed by atoms with E-state index in [1.54, 1.807) is 12.3 Å². The first kappa shape index (κ1) is 11.2. The lowest BCUT2D eigenvalue weighted by Crippen LogP contribution is -2.04. The number of Topliss-reactive ketones (excluding diaryl/α,β-unsaturated/α-hetero) is 1. The van der Waals surface area contributed by atoms with Crippen LogP contribution in [0, 0.1) is 0 Å². The van der Waals surface area contributed by atoms with Crippen molar-refractivity contribution in [1.82, 2.24) is 4.98 Å². The highest BCUT2D eigenvalue weighted by Crippen LogP contribution is 2.36. The molecule has 5 heteroatoms. The van der Waals surface area contributed by atoms with Crippen molar-refractivity contribution in [2.24, 2.45) is 0 Å². The number of aromatic nitrogens is 1. The molecule has 0 aliphatic carbocycles. The van der Waals surface area contributed by atoms with Gasteiger partial charge < -0.3 is 14.8 Å². The fourth-order valence-corrected chi connectivity index (χ4v) is 1.74. The first-order valence-corrected chi connectivity index (χ1v) is 5.03. The lowest BCUT2D eigenvalue weighted by atomic mass is 10.1. The maximum Gasteiger partial charge on any atom is 0.308 e. The Kier molecular flexibility index (Phi) is 2.59. The van der Waals surface area contributed by atoms with Crippen molar-refractivity contribution >= 4 is 22.7 Å². The fourth-order valence-electron chi connectivity index (χ4n) is 1.74. The molecule has 17 heavy (non-hydrogen) atoms. The second kappa shape index (κ2) is 3.93. The number of hydrogen-bond donors (Lipinski definition) is 2. The Morgan fingerprint density at radius 1 is 1.35 bits per heavy atom. The summed E-state index contributed by atoms with van der Waals surface area (Å²) < 4.78 is 4.86. The summed E-state index contributed by atoms with van der Waals surface area (Å²) >= 11 is 0. The minimum absolute atomic E-state index is 0.00481. The molecule has 1 aromatic carbocycles. The fraction of sp³-hybridized carbons (Fsp3) is 0.167. The molecule has 0 aliphatic rings. The van der Waals surface area contributed by atoms with Crippen molar-refractivity contribution in [2.75, 3.05) is 0 Å². The quantitative estimate of drug-likeness (QED) is 0.472. The molecule has 2 N–H and O–H groups in total. The minimum Gasteiger partial charge on any atom is -0.504 e. The number of rotatable bonds is 2. The number of H-pyrrole nitrogens is 1. The molecule has 2 rings (SSSR count). The third-order valence-corrected chi connectivity index (χ3v) is 2.39. The number of phenolic OH excluding ortho intramolecular Hbond substituents is 1. The summed E-state index contributed by atoms with van der Waals surface area (Å²) in [6.45, 7) is 2.57. The predicted molar refractivity (Wildman–Crippen MR) is 61.3 cm³/mol. The van der Waals surface area contributed by atoms with Gasteiger partial charge in [-0.2, -0.15) is 0 Å². The topological polar surface area (TPSA) is 79.4 Å². The van der Waals surface area contributed by atoms with Gasteiger partial charge in [0.1, 0.15) is 0 Å². The Hall–Kier alpha value is -2.30. The number of carbonyl (C=O) groups excluding carboxylic acids is 2. The van der Waals surface area contributed by atoms with E-state index in [0.717, 1.165) is 0 Å². The predicted octanol–water partition coefficient (Wildman–Crippen LogP) is 2.00. The van der Waals surface area contributed by atoms with Crippen molar-refractivity contribution in [3.05, 3.63) is 23.9 Å². The number of esters is 1. The summed E-state index contributed by atoms with van der Waals surface area (Å²) in [5, 5.41) is 10.6. The van der Waals surface area contributed by atoms with Gasteiger partial charge in [0.15, 0.2) is 17.3 Å². The van der Waals surface area contributed by atoms with Gasteiger partial charge >= 0.3 is 5.97 Å². The van der Waals surface area contributed by atoms with Crippen LogP contribution in [0.15, 0.2) is 18.3 Å². The molecule has 1 heterocycles. The summed E-state index contributed by atoms with van der Waals surface area (Å²) in [6, 6.07) is 3.24. The summed E-state index contributed by atoms with van der Waals surface area (Å²) in [6.07, 6.45) is 1.65. The molecule has 0 unspecified atom stereocenters. The third kappa shape index (κ3) is 1.87. The molecule has 0 bridgehead atoms. The first-order valence-electron chi connectivity index (χ1n) is 5.03. The SMILES string of the molecule is CC(=O)Oc1cc2cc[nH]c2c(C(C)=O)c1O. The number of ether oxygens (including phenoxy) is 1. The van der Waals surface area contributed by atoms with E-state index < -0.39 is 5.97 Å². The van der Waals surface area contributed by atoms with E-state index in [0.29, 0.717) is 10.9 Å². The van der Waals surface area contributed by atoms with Crippen LogP contribution >= 0.6 is 0 Å². The molecule has 0 saturated heterocycles.